The second-order valence-corrected chi connectivity index (χ2v) is 6.97. The minimum Gasteiger partial charge on any atom is -0.356 e. The van der Waals surface area contributed by atoms with E-state index in [-0.39, 0.29) is 24.0 Å². The third-order valence-electron chi connectivity index (χ3n) is 4.40. The van der Waals surface area contributed by atoms with Crippen molar-refractivity contribution in [2.24, 2.45) is 4.99 Å². The van der Waals surface area contributed by atoms with E-state index in [1.807, 2.05) is 7.05 Å². The Bertz CT molecular complexity index is 465. The summed E-state index contributed by atoms with van der Waals surface area (Å²) in [5.41, 5.74) is 1.39. The largest absolute Gasteiger partial charge is 0.356 e. The van der Waals surface area contributed by atoms with Gasteiger partial charge >= 0.3 is 0 Å². The standard InChI is InChI=1S/C16H29N5S.HI/c1-13(14-5-8-22-12-14)9-18-16(17-2)19-10-15-11-20(3)6-7-21(15)4;/h5,8,12-13,15H,6-7,9-11H2,1-4H3,(H2,17,18,19);1H. The Hall–Kier alpha value is -0.380. The maximum atomic E-state index is 4.33. The molecule has 2 unspecified atom stereocenters. The molecule has 0 spiro atoms. The van der Waals surface area contributed by atoms with Crippen LogP contribution in [0.2, 0.25) is 0 Å². The van der Waals surface area contributed by atoms with Crippen LogP contribution in [0.4, 0.5) is 0 Å². The second-order valence-electron chi connectivity index (χ2n) is 6.19. The summed E-state index contributed by atoms with van der Waals surface area (Å²) < 4.78 is 0. The van der Waals surface area contributed by atoms with Crippen LogP contribution in [-0.4, -0.2) is 75.7 Å². The number of thiophene rings is 1. The molecule has 0 bridgehead atoms. The van der Waals surface area contributed by atoms with E-state index in [9.17, 15) is 0 Å². The average molecular weight is 451 g/mol. The summed E-state index contributed by atoms with van der Waals surface area (Å²) in [4.78, 5) is 9.15. The fraction of sp³-hybridized carbons (Fsp3) is 0.688. The monoisotopic (exact) mass is 451 g/mol. The number of hydrogen-bond donors (Lipinski definition) is 2. The van der Waals surface area contributed by atoms with Gasteiger partial charge in [0.1, 0.15) is 0 Å². The summed E-state index contributed by atoms with van der Waals surface area (Å²) in [6.07, 6.45) is 0. The van der Waals surface area contributed by atoms with Gasteiger partial charge in [0.15, 0.2) is 5.96 Å². The second kappa shape index (κ2) is 10.5. The van der Waals surface area contributed by atoms with E-state index in [0.29, 0.717) is 12.0 Å². The molecule has 1 aliphatic heterocycles. The average Bonchev–Trinajstić information content (AvgIpc) is 3.05. The molecule has 1 aromatic heterocycles. The quantitative estimate of drug-likeness (QED) is 0.408. The third kappa shape index (κ3) is 6.56. The number of aliphatic imine (C=N–C) groups is 1. The molecule has 0 aliphatic carbocycles. The van der Waals surface area contributed by atoms with Crippen molar-refractivity contribution in [1.29, 1.82) is 0 Å². The minimum absolute atomic E-state index is 0. The first-order chi connectivity index (χ1) is 10.6. The Kier molecular flexibility index (Phi) is 9.41. The van der Waals surface area contributed by atoms with E-state index in [1.165, 1.54) is 5.56 Å². The molecule has 132 valence electrons. The Balaban J connectivity index is 0.00000264. The third-order valence-corrected chi connectivity index (χ3v) is 5.10. The predicted octanol–water partition coefficient (Wildman–Crippen LogP) is 1.88. The number of nitrogens with zero attached hydrogens (tertiary/aromatic N) is 3. The summed E-state index contributed by atoms with van der Waals surface area (Å²) in [7, 11) is 6.23. The van der Waals surface area contributed by atoms with Gasteiger partial charge in [-0.3, -0.25) is 9.89 Å². The summed E-state index contributed by atoms with van der Waals surface area (Å²) in [5, 5.41) is 11.2. The predicted molar refractivity (Wildman–Crippen MR) is 111 cm³/mol. The number of likely N-dealkylation sites (N-methyl/N-ethyl adjacent to an activating group) is 2. The van der Waals surface area contributed by atoms with Gasteiger partial charge in [-0.2, -0.15) is 11.3 Å². The van der Waals surface area contributed by atoms with Crippen molar-refractivity contribution >= 4 is 41.3 Å². The van der Waals surface area contributed by atoms with Crippen LogP contribution in [0.1, 0.15) is 18.4 Å². The first-order valence-corrected chi connectivity index (χ1v) is 8.89. The number of piperazine rings is 1. The van der Waals surface area contributed by atoms with Crippen LogP contribution in [-0.2, 0) is 0 Å². The maximum Gasteiger partial charge on any atom is 0.191 e. The van der Waals surface area contributed by atoms with Crippen molar-refractivity contribution in [1.82, 2.24) is 20.4 Å². The summed E-state index contributed by atoms with van der Waals surface area (Å²) in [6.45, 7) is 7.45. The molecular formula is C16H30IN5S. The van der Waals surface area contributed by atoms with Gasteiger partial charge in [0.2, 0.25) is 0 Å². The number of rotatable bonds is 5. The highest BCUT2D eigenvalue weighted by Gasteiger charge is 2.22. The molecule has 1 aromatic rings. The van der Waals surface area contributed by atoms with Crippen LogP contribution in [0.3, 0.4) is 0 Å². The molecule has 7 heteroatoms. The van der Waals surface area contributed by atoms with Crippen molar-refractivity contribution in [3.63, 3.8) is 0 Å². The molecule has 2 atom stereocenters. The molecule has 0 aromatic carbocycles. The SMILES string of the molecule is CN=C(NCC(C)c1ccsc1)NCC1CN(C)CCN1C.I. The topological polar surface area (TPSA) is 42.9 Å². The Morgan fingerprint density at radius 3 is 2.83 bits per heavy atom. The van der Waals surface area contributed by atoms with E-state index in [2.05, 4.69) is 63.3 Å². The number of guanidine groups is 1. The summed E-state index contributed by atoms with van der Waals surface area (Å²) in [6, 6.07) is 2.73. The molecular weight excluding hydrogens is 421 g/mol. The van der Waals surface area contributed by atoms with Gasteiger partial charge in [-0.15, -0.1) is 24.0 Å². The van der Waals surface area contributed by atoms with E-state index in [0.717, 1.165) is 38.7 Å². The lowest BCUT2D eigenvalue weighted by Crippen LogP contribution is -2.55. The fourth-order valence-electron chi connectivity index (χ4n) is 2.68. The molecule has 2 N–H and O–H groups in total. The molecule has 0 amide bonds. The van der Waals surface area contributed by atoms with Gasteiger partial charge in [-0.1, -0.05) is 6.92 Å². The van der Waals surface area contributed by atoms with Gasteiger partial charge < -0.3 is 15.5 Å². The van der Waals surface area contributed by atoms with Crippen LogP contribution in [0.25, 0.3) is 0 Å². The Morgan fingerprint density at radius 2 is 2.17 bits per heavy atom. The van der Waals surface area contributed by atoms with E-state index in [1.54, 1.807) is 11.3 Å². The zero-order valence-electron chi connectivity index (χ0n) is 14.6. The minimum atomic E-state index is 0. The van der Waals surface area contributed by atoms with Gasteiger partial charge in [-0.25, -0.2) is 0 Å². The normalized spacial score (nSPS) is 21.6. The molecule has 2 heterocycles. The van der Waals surface area contributed by atoms with Crippen molar-refractivity contribution in [2.45, 2.75) is 18.9 Å². The van der Waals surface area contributed by atoms with Crippen LogP contribution in [0, 0.1) is 0 Å². The number of halogens is 1. The van der Waals surface area contributed by atoms with Crippen LogP contribution in [0.5, 0.6) is 0 Å². The van der Waals surface area contributed by atoms with Gasteiger partial charge in [0.25, 0.3) is 0 Å². The number of nitrogens with one attached hydrogen (secondary N) is 2. The first-order valence-electron chi connectivity index (χ1n) is 7.95. The molecule has 23 heavy (non-hydrogen) atoms. The van der Waals surface area contributed by atoms with Crippen LogP contribution in [0.15, 0.2) is 21.8 Å². The van der Waals surface area contributed by atoms with E-state index >= 15 is 0 Å². The first kappa shape index (κ1) is 20.7. The van der Waals surface area contributed by atoms with Gasteiger partial charge in [0.05, 0.1) is 0 Å². The van der Waals surface area contributed by atoms with Crippen molar-refractivity contribution in [2.75, 3.05) is 53.9 Å². The van der Waals surface area contributed by atoms with Crippen molar-refractivity contribution < 1.29 is 0 Å². The number of hydrogen-bond acceptors (Lipinski definition) is 4. The van der Waals surface area contributed by atoms with Gasteiger partial charge in [-0.05, 0) is 42.4 Å². The highest BCUT2D eigenvalue weighted by Crippen LogP contribution is 2.16. The fourth-order valence-corrected chi connectivity index (χ4v) is 3.46. The smallest absolute Gasteiger partial charge is 0.191 e. The van der Waals surface area contributed by atoms with Crippen LogP contribution >= 0.6 is 35.3 Å². The van der Waals surface area contributed by atoms with E-state index < -0.39 is 0 Å². The maximum absolute atomic E-state index is 4.33. The molecule has 2 rings (SSSR count). The van der Waals surface area contributed by atoms with Gasteiger partial charge in [0, 0.05) is 45.8 Å². The highest BCUT2D eigenvalue weighted by molar-refractivity contribution is 14.0. The lowest BCUT2D eigenvalue weighted by molar-refractivity contribution is 0.116. The zero-order valence-corrected chi connectivity index (χ0v) is 17.7. The lowest BCUT2D eigenvalue weighted by atomic mass is 10.1. The molecule has 0 radical (unpaired) electrons. The van der Waals surface area contributed by atoms with E-state index in [4.69, 9.17) is 0 Å². The lowest BCUT2D eigenvalue weighted by Gasteiger charge is -2.38. The highest BCUT2D eigenvalue weighted by atomic mass is 127. The molecule has 1 saturated heterocycles. The summed E-state index contributed by atoms with van der Waals surface area (Å²) in [5.74, 6) is 1.39. The zero-order chi connectivity index (χ0) is 15.9. The Morgan fingerprint density at radius 1 is 1.39 bits per heavy atom. The van der Waals surface area contributed by atoms with Crippen LogP contribution < -0.4 is 10.6 Å². The molecule has 5 nitrogen and oxygen atoms in total. The molecule has 1 fully saturated rings. The Labute approximate surface area is 161 Å². The van der Waals surface area contributed by atoms with Crippen molar-refractivity contribution in [3.8, 4) is 0 Å². The van der Waals surface area contributed by atoms with Crippen molar-refractivity contribution in [3.05, 3.63) is 22.4 Å². The summed E-state index contributed by atoms with van der Waals surface area (Å²) >= 11 is 1.75. The molecule has 0 saturated carbocycles. The molecule has 1 aliphatic rings.